The van der Waals surface area contributed by atoms with Gasteiger partial charge in [-0.2, -0.15) is 0 Å². The number of H-pyrrole nitrogens is 1. The summed E-state index contributed by atoms with van der Waals surface area (Å²) in [4.78, 5) is 3.31. The molecule has 0 spiro atoms. The van der Waals surface area contributed by atoms with E-state index in [4.69, 9.17) is 0 Å². The van der Waals surface area contributed by atoms with E-state index in [9.17, 15) is 0 Å². The van der Waals surface area contributed by atoms with E-state index in [1.165, 1.54) is 22.4 Å². The van der Waals surface area contributed by atoms with Crippen molar-refractivity contribution in [2.45, 2.75) is 32.4 Å². The molecule has 1 atom stereocenters. The number of hydrogen-bond acceptors (Lipinski definition) is 1. The Bertz CT molecular complexity index is 600. The van der Waals surface area contributed by atoms with Gasteiger partial charge in [0.05, 0.1) is 6.04 Å². The van der Waals surface area contributed by atoms with Crippen molar-refractivity contribution in [3.05, 3.63) is 65.5 Å². The van der Waals surface area contributed by atoms with E-state index < -0.39 is 0 Å². The van der Waals surface area contributed by atoms with Crippen molar-refractivity contribution in [2.24, 2.45) is 0 Å². The molecule has 1 unspecified atom stereocenters. The summed E-state index contributed by atoms with van der Waals surface area (Å²) in [6.07, 6.45) is 4.30. The summed E-state index contributed by atoms with van der Waals surface area (Å²) >= 11 is 0. The molecule has 0 radical (unpaired) electrons. The summed E-state index contributed by atoms with van der Waals surface area (Å²) in [7, 11) is 0. The fourth-order valence-corrected chi connectivity index (χ4v) is 2.68. The first-order valence-corrected chi connectivity index (χ1v) is 6.77. The van der Waals surface area contributed by atoms with Crippen molar-refractivity contribution in [3.8, 4) is 0 Å². The van der Waals surface area contributed by atoms with Crippen LogP contribution in [0.15, 0.2) is 48.7 Å². The second-order valence-electron chi connectivity index (χ2n) is 6.12. The fourth-order valence-electron chi connectivity index (χ4n) is 2.68. The lowest BCUT2D eigenvalue weighted by Gasteiger charge is -2.25. The lowest BCUT2D eigenvalue weighted by molar-refractivity contribution is 0.399. The summed E-state index contributed by atoms with van der Waals surface area (Å²) in [5.41, 5.74) is 5.26. The molecular formula is C17H20N2. The van der Waals surface area contributed by atoms with Gasteiger partial charge in [-0.25, -0.2) is 0 Å². The quantitative estimate of drug-likeness (QED) is 0.833. The molecule has 0 saturated heterocycles. The molecule has 98 valence electrons. The van der Waals surface area contributed by atoms with Crippen LogP contribution in [0.5, 0.6) is 0 Å². The van der Waals surface area contributed by atoms with Gasteiger partial charge < -0.3 is 10.3 Å². The van der Waals surface area contributed by atoms with Crippen LogP contribution < -0.4 is 5.32 Å². The summed E-state index contributed by atoms with van der Waals surface area (Å²) in [6, 6.07) is 13.1. The highest BCUT2D eigenvalue weighted by molar-refractivity contribution is 5.84. The maximum absolute atomic E-state index is 3.68. The molecule has 1 aromatic carbocycles. The van der Waals surface area contributed by atoms with Gasteiger partial charge in [0.2, 0.25) is 0 Å². The average Bonchev–Trinajstić information content (AvgIpc) is 2.95. The third-order valence-electron chi connectivity index (χ3n) is 3.40. The molecule has 0 aliphatic heterocycles. The second-order valence-corrected chi connectivity index (χ2v) is 6.12. The van der Waals surface area contributed by atoms with Gasteiger partial charge in [0.15, 0.2) is 0 Å². The first-order chi connectivity index (χ1) is 9.04. The van der Waals surface area contributed by atoms with Crippen molar-refractivity contribution in [1.82, 2.24) is 10.3 Å². The van der Waals surface area contributed by atoms with Gasteiger partial charge in [-0.3, -0.25) is 0 Å². The van der Waals surface area contributed by atoms with Crippen LogP contribution in [0, 0.1) is 0 Å². The van der Waals surface area contributed by atoms with Crippen molar-refractivity contribution in [1.29, 1.82) is 0 Å². The molecule has 2 aromatic rings. The van der Waals surface area contributed by atoms with Crippen molar-refractivity contribution < 1.29 is 0 Å². The molecule has 2 heteroatoms. The van der Waals surface area contributed by atoms with Gasteiger partial charge in [-0.1, -0.05) is 30.3 Å². The fraction of sp³-hybridized carbons (Fsp3) is 0.294. The maximum atomic E-state index is 3.68. The van der Waals surface area contributed by atoms with Gasteiger partial charge in [0.1, 0.15) is 0 Å². The van der Waals surface area contributed by atoms with Crippen LogP contribution in [-0.2, 0) is 0 Å². The maximum Gasteiger partial charge on any atom is 0.0526 e. The molecule has 19 heavy (non-hydrogen) atoms. The molecule has 1 heterocycles. The number of rotatable bonds is 2. The lowest BCUT2D eigenvalue weighted by Crippen LogP contribution is -2.37. The molecule has 0 fully saturated rings. The topological polar surface area (TPSA) is 27.8 Å². The zero-order valence-electron chi connectivity index (χ0n) is 11.7. The molecule has 0 saturated carbocycles. The molecule has 3 rings (SSSR count). The average molecular weight is 252 g/mol. The van der Waals surface area contributed by atoms with E-state index in [0.717, 1.165) is 0 Å². The van der Waals surface area contributed by atoms with Gasteiger partial charge in [-0.05, 0) is 44.0 Å². The minimum atomic E-state index is 0.0967. The van der Waals surface area contributed by atoms with Crippen molar-refractivity contribution in [2.75, 3.05) is 0 Å². The van der Waals surface area contributed by atoms with E-state index in [2.05, 4.69) is 67.5 Å². The Morgan fingerprint density at radius 3 is 2.53 bits per heavy atom. The van der Waals surface area contributed by atoms with E-state index in [1.54, 1.807) is 0 Å². The number of aromatic nitrogens is 1. The minimum Gasteiger partial charge on any atom is -0.361 e. The standard InChI is InChI=1S/C17H20N2/c1-17(2,3)19-16-11-14(15-9-6-10-18-15)12-7-4-5-8-13(12)16/h4-11,16,18-19H,1-3H3. The van der Waals surface area contributed by atoms with Gasteiger partial charge in [0.25, 0.3) is 0 Å². The third-order valence-corrected chi connectivity index (χ3v) is 3.40. The first-order valence-electron chi connectivity index (χ1n) is 6.77. The Kier molecular flexibility index (Phi) is 2.83. The number of fused-ring (bicyclic) bond motifs is 1. The highest BCUT2D eigenvalue weighted by Crippen LogP contribution is 2.38. The number of nitrogens with one attached hydrogen (secondary N) is 2. The highest BCUT2D eigenvalue weighted by atomic mass is 15.0. The molecule has 2 nitrogen and oxygen atoms in total. The van der Waals surface area contributed by atoms with Crippen molar-refractivity contribution in [3.63, 3.8) is 0 Å². The largest absolute Gasteiger partial charge is 0.361 e. The summed E-state index contributed by atoms with van der Waals surface area (Å²) in [5.74, 6) is 0. The Labute approximate surface area is 114 Å². The number of aromatic amines is 1. The Morgan fingerprint density at radius 1 is 1.05 bits per heavy atom. The highest BCUT2D eigenvalue weighted by Gasteiger charge is 2.26. The van der Waals surface area contributed by atoms with Crippen LogP contribution in [-0.4, -0.2) is 10.5 Å². The van der Waals surface area contributed by atoms with E-state index in [1.807, 2.05) is 12.3 Å². The van der Waals surface area contributed by atoms with E-state index in [-0.39, 0.29) is 11.6 Å². The Morgan fingerprint density at radius 2 is 1.84 bits per heavy atom. The van der Waals surface area contributed by atoms with Gasteiger partial charge in [-0.15, -0.1) is 0 Å². The van der Waals surface area contributed by atoms with Crippen LogP contribution in [0.4, 0.5) is 0 Å². The van der Waals surface area contributed by atoms with Crippen molar-refractivity contribution >= 4 is 5.57 Å². The summed E-state index contributed by atoms with van der Waals surface area (Å²) < 4.78 is 0. The molecule has 2 N–H and O–H groups in total. The number of hydrogen-bond donors (Lipinski definition) is 2. The molecule has 1 aliphatic carbocycles. The molecule has 1 aromatic heterocycles. The van der Waals surface area contributed by atoms with E-state index >= 15 is 0 Å². The monoisotopic (exact) mass is 252 g/mol. The minimum absolute atomic E-state index is 0.0967. The first kappa shape index (κ1) is 12.2. The zero-order valence-corrected chi connectivity index (χ0v) is 11.7. The Balaban J connectivity index is 2.04. The lowest BCUT2D eigenvalue weighted by atomic mass is 10.0. The summed E-state index contributed by atoms with van der Waals surface area (Å²) in [6.45, 7) is 6.61. The van der Waals surface area contributed by atoms with Crippen LogP contribution in [0.3, 0.4) is 0 Å². The van der Waals surface area contributed by atoms with Gasteiger partial charge >= 0.3 is 0 Å². The van der Waals surface area contributed by atoms with Crippen LogP contribution in [0.2, 0.25) is 0 Å². The van der Waals surface area contributed by atoms with Gasteiger partial charge in [0, 0.05) is 23.0 Å². The molecule has 0 amide bonds. The van der Waals surface area contributed by atoms with Crippen LogP contribution in [0.25, 0.3) is 5.57 Å². The normalized spacial score (nSPS) is 18.3. The predicted octanol–water partition coefficient (Wildman–Crippen LogP) is 3.89. The molecule has 1 aliphatic rings. The second kappa shape index (κ2) is 4.39. The predicted molar refractivity (Wildman–Crippen MR) is 79.9 cm³/mol. The van der Waals surface area contributed by atoms with E-state index in [0.29, 0.717) is 0 Å². The molecular weight excluding hydrogens is 232 g/mol. The third kappa shape index (κ3) is 2.36. The zero-order chi connectivity index (χ0) is 13.5. The number of benzene rings is 1. The smallest absolute Gasteiger partial charge is 0.0526 e. The molecule has 0 bridgehead atoms. The SMILES string of the molecule is CC(C)(C)NC1C=C(c2ccc[nH]2)c2ccccc21. The van der Waals surface area contributed by atoms with Crippen LogP contribution >= 0.6 is 0 Å². The summed E-state index contributed by atoms with van der Waals surface area (Å²) in [5, 5.41) is 3.68. The Hall–Kier alpha value is -1.80. The van der Waals surface area contributed by atoms with Crippen LogP contribution in [0.1, 0.15) is 43.6 Å².